The lowest BCUT2D eigenvalue weighted by Gasteiger charge is -2.34. The van der Waals surface area contributed by atoms with E-state index < -0.39 is 0 Å². The Bertz CT molecular complexity index is 419. The minimum Gasteiger partial charge on any atom is -0.293 e. The minimum absolute atomic E-state index is 0.380. The quantitative estimate of drug-likeness (QED) is 0.481. The number of allylic oxidation sites excluding steroid dienone is 3. The van der Waals surface area contributed by atoms with Crippen LogP contribution in [0.5, 0.6) is 0 Å². The summed E-state index contributed by atoms with van der Waals surface area (Å²) in [4.78, 5) is 5.25. The van der Waals surface area contributed by atoms with Crippen LogP contribution in [-0.2, 0) is 0 Å². The molecule has 1 nitrogen and oxygen atoms in total. The van der Waals surface area contributed by atoms with Crippen molar-refractivity contribution in [1.82, 2.24) is 0 Å². The van der Waals surface area contributed by atoms with Gasteiger partial charge in [-0.05, 0) is 57.3 Å². The second-order valence-electron chi connectivity index (χ2n) is 8.13. The van der Waals surface area contributed by atoms with Crippen LogP contribution in [-0.4, -0.2) is 12.3 Å². The lowest BCUT2D eigenvalue weighted by Crippen LogP contribution is -2.28. The van der Waals surface area contributed by atoms with E-state index in [1.54, 1.807) is 0 Å². The summed E-state index contributed by atoms with van der Waals surface area (Å²) >= 11 is 0. The molecular weight excluding hydrogens is 278 g/mol. The van der Waals surface area contributed by atoms with Gasteiger partial charge in [0.05, 0.1) is 6.04 Å². The normalized spacial score (nSPS) is 34.2. The van der Waals surface area contributed by atoms with Crippen molar-refractivity contribution in [3.8, 4) is 0 Å². The summed E-state index contributed by atoms with van der Waals surface area (Å²) in [6, 6.07) is 0.550. The fourth-order valence-electron chi connectivity index (χ4n) is 4.77. The van der Waals surface area contributed by atoms with Crippen LogP contribution in [0.15, 0.2) is 29.3 Å². The van der Waals surface area contributed by atoms with Gasteiger partial charge in [0.15, 0.2) is 0 Å². The molecule has 0 aromatic heterocycles. The maximum atomic E-state index is 5.25. The lowest BCUT2D eigenvalue weighted by molar-refractivity contribution is 0.283. The van der Waals surface area contributed by atoms with Gasteiger partial charge in [-0.25, -0.2) is 0 Å². The Morgan fingerprint density at radius 1 is 0.739 bits per heavy atom. The van der Waals surface area contributed by atoms with Crippen molar-refractivity contribution < 1.29 is 0 Å². The summed E-state index contributed by atoms with van der Waals surface area (Å²) in [6.45, 7) is 0. The Hall–Kier alpha value is -0.850. The molecule has 3 aliphatic rings. The Morgan fingerprint density at radius 2 is 1.43 bits per heavy atom. The highest BCUT2D eigenvalue weighted by molar-refractivity contribution is 5.66. The number of hydrogen-bond donors (Lipinski definition) is 0. The molecule has 1 spiro atoms. The molecule has 0 bridgehead atoms. The van der Waals surface area contributed by atoms with Crippen LogP contribution in [0.1, 0.15) is 89.9 Å². The zero-order valence-corrected chi connectivity index (χ0v) is 14.9. The molecular formula is C22H35N. The van der Waals surface area contributed by atoms with Crippen LogP contribution >= 0.6 is 0 Å². The van der Waals surface area contributed by atoms with Gasteiger partial charge in [0, 0.05) is 11.6 Å². The Morgan fingerprint density at radius 3 is 2.22 bits per heavy atom. The number of hydrogen-bond acceptors (Lipinski definition) is 1. The first-order chi connectivity index (χ1) is 11.4. The molecule has 0 saturated heterocycles. The van der Waals surface area contributed by atoms with E-state index in [-0.39, 0.29) is 0 Å². The Balaban J connectivity index is 1.76. The highest BCUT2D eigenvalue weighted by Crippen LogP contribution is 2.39. The van der Waals surface area contributed by atoms with Crippen LogP contribution in [0.2, 0.25) is 0 Å². The fraction of sp³-hybridized carbons (Fsp3) is 0.773. The van der Waals surface area contributed by atoms with Crippen LogP contribution < -0.4 is 0 Å². The highest BCUT2D eigenvalue weighted by Gasteiger charge is 2.30. The van der Waals surface area contributed by atoms with E-state index in [9.17, 15) is 0 Å². The van der Waals surface area contributed by atoms with Crippen molar-refractivity contribution >= 4 is 6.21 Å². The summed E-state index contributed by atoms with van der Waals surface area (Å²) < 4.78 is 0. The lowest BCUT2D eigenvalue weighted by atomic mass is 9.72. The van der Waals surface area contributed by atoms with Gasteiger partial charge >= 0.3 is 0 Å². The number of aliphatic imine (C=N–C) groups is 1. The van der Waals surface area contributed by atoms with Crippen LogP contribution in [0.4, 0.5) is 0 Å². The second kappa shape index (κ2) is 8.85. The number of nitrogens with zero attached hydrogens (tertiary/aromatic N) is 1. The molecule has 0 N–H and O–H groups in total. The van der Waals surface area contributed by atoms with Gasteiger partial charge in [0.2, 0.25) is 0 Å². The van der Waals surface area contributed by atoms with E-state index in [1.807, 2.05) is 0 Å². The van der Waals surface area contributed by atoms with Gasteiger partial charge in [-0.2, -0.15) is 0 Å². The topological polar surface area (TPSA) is 12.4 Å². The zero-order valence-electron chi connectivity index (χ0n) is 14.9. The SMILES string of the molecule is C1=C/CC(C2CCCCC2)/N=C/C2(C/C=C/CC/1)CCCCC2. The Kier molecular flexibility index (Phi) is 6.54. The van der Waals surface area contributed by atoms with Crippen molar-refractivity contribution in [2.24, 2.45) is 16.3 Å². The van der Waals surface area contributed by atoms with Crippen LogP contribution in [0.25, 0.3) is 0 Å². The molecule has 1 aliphatic heterocycles. The molecule has 1 heteroatoms. The van der Waals surface area contributed by atoms with E-state index in [2.05, 4.69) is 30.5 Å². The van der Waals surface area contributed by atoms with Crippen molar-refractivity contribution in [2.45, 2.75) is 95.9 Å². The molecule has 2 aliphatic carbocycles. The van der Waals surface area contributed by atoms with Gasteiger partial charge < -0.3 is 0 Å². The summed E-state index contributed by atoms with van der Waals surface area (Å²) in [5.41, 5.74) is 0.380. The third-order valence-corrected chi connectivity index (χ3v) is 6.32. The maximum Gasteiger partial charge on any atom is 0.0558 e. The molecule has 0 aromatic rings. The van der Waals surface area contributed by atoms with Gasteiger partial charge in [-0.1, -0.05) is 62.8 Å². The molecule has 0 radical (unpaired) electrons. The molecule has 0 aromatic carbocycles. The molecule has 2 fully saturated rings. The summed E-state index contributed by atoms with van der Waals surface area (Å²) in [7, 11) is 0. The minimum atomic E-state index is 0.380. The average Bonchev–Trinajstić information content (AvgIpc) is 2.60. The monoisotopic (exact) mass is 313 g/mol. The fourth-order valence-corrected chi connectivity index (χ4v) is 4.77. The third kappa shape index (κ3) is 5.06. The standard InChI is InChI=1S/C22H35N/c1-2-4-10-16-22(17-11-6-12-18-22)19-23-21(15-9-3-1)20-13-7-5-8-14-20/h3-4,9-10,19-21H,1-2,5-8,11-18H2/b9-3+,10-4+,23-19+. The van der Waals surface area contributed by atoms with E-state index in [1.165, 1.54) is 89.9 Å². The van der Waals surface area contributed by atoms with Gasteiger partial charge in [0.1, 0.15) is 0 Å². The van der Waals surface area contributed by atoms with Crippen molar-refractivity contribution in [3.63, 3.8) is 0 Å². The smallest absolute Gasteiger partial charge is 0.0558 e. The van der Waals surface area contributed by atoms with E-state index in [0.29, 0.717) is 11.5 Å². The van der Waals surface area contributed by atoms with Crippen LogP contribution in [0, 0.1) is 11.3 Å². The van der Waals surface area contributed by atoms with Gasteiger partial charge in [-0.3, -0.25) is 4.99 Å². The number of rotatable bonds is 1. The largest absolute Gasteiger partial charge is 0.293 e. The first kappa shape index (κ1) is 17.0. The first-order valence-corrected chi connectivity index (χ1v) is 10.2. The Labute approximate surface area is 143 Å². The van der Waals surface area contributed by atoms with Crippen LogP contribution in [0.3, 0.4) is 0 Å². The molecule has 1 heterocycles. The summed E-state index contributed by atoms with van der Waals surface area (Å²) in [6.07, 6.45) is 30.9. The maximum absolute atomic E-state index is 5.25. The second-order valence-corrected chi connectivity index (χ2v) is 8.13. The van der Waals surface area contributed by atoms with E-state index in [4.69, 9.17) is 4.99 Å². The van der Waals surface area contributed by atoms with Crippen molar-refractivity contribution in [2.75, 3.05) is 0 Å². The van der Waals surface area contributed by atoms with Crippen molar-refractivity contribution in [1.29, 1.82) is 0 Å². The van der Waals surface area contributed by atoms with E-state index >= 15 is 0 Å². The predicted octanol–water partition coefficient (Wildman–Crippen LogP) is 6.64. The predicted molar refractivity (Wildman–Crippen MR) is 101 cm³/mol. The summed E-state index contributed by atoms with van der Waals surface area (Å²) in [5, 5.41) is 0. The third-order valence-electron chi connectivity index (χ3n) is 6.32. The molecule has 2 saturated carbocycles. The van der Waals surface area contributed by atoms with E-state index in [0.717, 1.165) is 5.92 Å². The zero-order chi connectivity index (χ0) is 15.8. The van der Waals surface area contributed by atoms with Crippen molar-refractivity contribution in [3.05, 3.63) is 24.3 Å². The molecule has 1 unspecified atom stereocenters. The highest BCUT2D eigenvalue weighted by atomic mass is 14.8. The van der Waals surface area contributed by atoms with Gasteiger partial charge in [-0.15, -0.1) is 0 Å². The van der Waals surface area contributed by atoms with Gasteiger partial charge in [0.25, 0.3) is 0 Å². The first-order valence-electron chi connectivity index (χ1n) is 10.2. The molecule has 3 rings (SSSR count). The average molecular weight is 314 g/mol. The summed E-state index contributed by atoms with van der Waals surface area (Å²) in [5.74, 6) is 0.837. The molecule has 128 valence electrons. The molecule has 23 heavy (non-hydrogen) atoms. The molecule has 1 atom stereocenters. The molecule has 0 amide bonds.